The van der Waals surface area contributed by atoms with E-state index in [9.17, 15) is 18.0 Å². The standard InChI is InChI=1S/C26H28F3N5O4/c1-13-12-30-9-8-18(13)32-24(35)14(2)21-19(25-37-10-11-38-25)23(34-26(33-21)36-4)31-15(3)16-6-5-7-17(20(16)27)22(28)29/h5-9,12,14-15,22,25H,10-11H2,1-4H3,(H,30,32,35)(H,31,33,34)/t14?,15-/m1/s1. The largest absolute Gasteiger partial charge is 0.467 e. The Morgan fingerprint density at radius 3 is 2.50 bits per heavy atom. The highest BCUT2D eigenvalue weighted by atomic mass is 19.3. The van der Waals surface area contributed by atoms with Gasteiger partial charge in [0, 0.05) is 23.6 Å². The number of pyridine rings is 1. The van der Waals surface area contributed by atoms with Crippen LogP contribution in [0.15, 0.2) is 36.7 Å². The number of rotatable bonds is 9. The summed E-state index contributed by atoms with van der Waals surface area (Å²) in [7, 11) is 1.37. The second kappa shape index (κ2) is 11.7. The van der Waals surface area contributed by atoms with Crippen LogP contribution in [0, 0.1) is 12.7 Å². The molecular formula is C26H28F3N5O4. The van der Waals surface area contributed by atoms with E-state index in [0.717, 1.165) is 11.6 Å². The first kappa shape index (κ1) is 27.3. The summed E-state index contributed by atoms with van der Waals surface area (Å²) in [5.41, 5.74) is 1.28. The van der Waals surface area contributed by atoms with Crippen molar-refractivity contribution in [1.82, 2.24) is 15.0 Å². The summed E-state index contributed by atoms with van der Waals surface area (Å²) in [4.78, 5) is 26.1. The predicted octanol–water partition coefficient (Wildman–Crippen LogP) is 5.23. The van der Waals surface area contributed by atoms with Crippen molar-refractivity contribution < 1.29 is 32.2 Å². The first-order chi connectivity index (χ1) is 18.2. The van der Waals surface area contributed by atoms with E-state index < -0.39 is 36.1 Å². The number of carbonyl (C=O) groups excluding carboxylic acids is 1. The molecule has 1 unspecified atom stereocenters. The van der Waals surface area contributed by atoms with Gasteiger partial charge in [-0.25, -0.2) is 13.2 Å². The zero-order valence-electron chi connectivity index (χ0n) is 21.3. The smallest absolute Gasteiger partial charge is 0.318 e. The normalized spacial score (nSPS) is 15.4. The summed E-state index contributed by atoms with van der Waals surface area (Å²) in [5.74, 6) is -2.04. The van der Waals surface area contributed by atoms with Gasteiger partial charge in [-0.1, -0.05) is 18.2 Å². The minimum Gasteiger partial charge on any atom is -0.467 e. The topological polar surface area (TPSA) is 107 Å². The number of alkyl halides is 2. The second-order valence-electron chi connectivity index (χ2n) is 8.75. The van der Waals surface area contributed by atoms with Crippen LogP contribution in [-0.2, 0) is 14.3 Å². The van der Waals surface area contributed by atoms with Crippen LogP contribution >= 0.6 is 0 Å². The molecule has 1 aliphatic heterocycles. The number of carbonyl (C=O) groups is 1. The number of methoxy groups -OCH3 is 1. The fraction of sp³-hybridized carbons (Fsp3) is 0.385. The molecule has 38 heavy (non-hydrogen) atoms. The minimum absolute atomic E-state index is 0.0140. The number of halogens is 3. The zero-order chi connectivity index (χ0) is 27.4. The molecule has 0 radical (unpaired) electrons. The van der Waals surface area contributed by atoms with Gasteiger partial charge in [-0.3, -0.25) is 9.78 Å². The van der Waals surface area contributed by atoms with Gasteiger partial charge in [0.05, 0.1) is 49.1 Å². The van der Waals surface area contributed by atoms with E-state index in [1.165, 1.54) is 19.2 Å². The molecule has 1 aliphatic rings. The molecule has 2 aromatic heterocycles. The third kappa shape index (κ3) is 5.70. The number of anilines is 2. The Balaban J connectivity index is 1.74. The van der Waals surface area contributed by atoms with E-state index in [0.29, 0.717) is 24.5 Å². The molecule has 0 spiro atoms. The van der Waals surface area contributed by atoms with Gasteiger partial charge in [-0.15, -0.1) is 0 Å². The van der Waals surface area contributed by atoms with E-state index in [-0.39, 0.29) is 29.0 Å². The summed E-state index contributed by atoms with van der Waals surface area (Å²) < 4.78 is 58.2. The number of aryl methyl sites for hydroxylation is 1. The molecule has 9 nitrogen and oxygen atoms in total. The highest BCUT2D eigenvalue weighted by Crippen LogP contribution is 2.38. The van der Waals surface area contributed by atoms with Gasteiger partial charge in [-0.2, -0.15) is 9.97 Å². The molecule has 0 saturated carbocycles. The Hall–Kier alpha value is -3.77. The van der Waals surface area contributed by atoms with Crippen LogP contribution in [0.5, 0.6) is 6.01 Å². The first-order valence-corrected chi connectivity index (χ1v) is 11.9. The van der Waals surface area contributed by atoms with Crippen molar-refractivity contribution in [2.24, 2.45) is 0 Å². The molecule has 202 valence electrons. The lowest BCUT2D eigenvalue weighted by Gasteiger charge is -2.24. The number of nitrogens with zero attached hydrogens (tertiary/aromatic N) is 3. The lowest BCUT2D eigenvalue weighted by molar-refractivity contribution is -0.117. The number of hydrogen-bond donors (Lipinski definition) is 2. The van der Waals surface area contributed by atoms with Crippen LogP contribution in [0.3, 0.4) is 0 Å². The predicted molar refractivity (Wildman–Crippen MR) is 133 cm³/mol. The Morgan fingerprint density at radius 2 is 1.84 bits per heavy atom. The minimum atomic E-state index is -2.97. The lowest BCUT2D eigenvalue weighted by atomic mass is 9.99. The van der Waals surface area contributed by atoms with Crippen molar-refractivity contribution >= 4 is 17.4 Å². The summed E-state index contributed by atoms with van der Waals surface area (Å²) >= 11 is 0. The average molecular weight is 532 g/mol. The fourth-order valence-electron chi connectivity index (χ4n) is 4.09. The number of aromatic nitrogens is 3. The Morgan fingerprint density at radius 1 is 1.13 bits per heavy atom. The van der Waals surface area contributed by atoms with Crippen LogP contribution in [0.25, 0.3) is 0 Å². The molecule has 1 aromatic carbocycles. The fourth-order valence-corrected chi connectivity index (χ4v) is 4.09. The Bertz CT molecular complexity index is 1300. The third-order valence-electron chi connectivity index (χ3n) is 6.19. The molecule has 3 aromatic rings. The maximum Gasteiger partial charge on any atom is 0.318 e. The third-order valence-corrected chi connectivity index (χ3v) is 6.19. The van der Waals surface area contributed by atoms with Crippen molar-refractivity contribution in [2.75, 3.05) is 31.0 Å². The van der Waals surface area contributed by atoms with Gasteiger partial charge in [0.1, 0.15) is 11.6 Å². The highest BCUT2D eigenvalue weighted by Gasteiger charge is 2.33. The molecule has 0 aliphatic carbocycles. The summed E-state index contributed by atoms with van der Waals surface area (Å²) in [6.45, 7) is 5.67. The number of hydrogen-bond acceptors (Lipinski definition) is 8. The Kier molecular flexibility index (Phi) is 8.42. The molecule has 4 rings (SSSR count). The summed E-state index contributed by atoms with van der Waals surface area (Å²) in [5, 5.41) is 5.93. The lowest BCUT2D eigenvalue weighted by Crippen LogP contribution is -2.24. The molecule has 1 saturated heterocycles. The van der Waals surface area contributed by atoms with Gasteiger partial charge in [0.2, 0.25) is 5.91 Å². The molecule has 12 heteroatoms. The van der Waals surface area contributed by atoms with Crippen molar-refractivity contribution in [1.29, 1.82) is 0 Å². The molecule has 0 bridgehead atoms. The SMILES string of the molecule is COc1nc(N[C@H](C)c2cccc(C(F)F)c2F)c(C2OCCO2)c(C(C)C(=O)Nc2ccncc2C)n1. The van der Waals surface area contributed by atoms with Crippen LogP contribution in [-0.4, -0.2) is 41.2 Å². The van der Waals surface area contributed by atoms with Gasteiger partial charge in [0.25, 0.3) is 6.43 Å². The molecule has 1 fully saturated rings. The highest BCUT2D eigenvalue weighted by molar-refractivity contribution is 5.96. The van der Waals surface area contributed by atoms with Gasteiger partial charge < -0.3 is 24.8 Å². The monoisotopic (exact) mass is 531 g/mol. The van der Waals surface area contributed by atoms with Crippen molar-refractivity contribution in [3.8, 4) is 6.01 Å². The average Bonchev–Trinajstić information content (AvgIpc) is 3.43. The van der Waals surface area contributed by atoms with Crippen LogP contribution in [0.1, 0.15) is 66.5 Å². The first-order valence-electron chi connectivity index (χ1n) is 11.9. The van der Waals surface area contributed by atoms with Crippen molar-refractivity contribution in [3.63, 3.8) is 0 Å². The quantitative estimate of drug-likeness (QED) is 0.387. The summed E-state index contributed by atoms with van der Waals surface area (Å²) in [6, 6.07) is 4.64. The van der Waals surface area contributed by atoms with Gasteiger partial charge in [0.15, 0.2) is 6.29 Å². The van der Waals surface area contributed by atoms with Gasteiger partial charge in [-0.05, 0) is 32.4 Å². The van der Waals surface area contributed by atoms with E-state index in [1.54, 1.807) is 32.3 Å². The van der Waals surface area contributed by atoms with E-state index in [2.05, 4.69) is 25.6 Å². The summed E-state index contributed by atoms with van der Waals surface area (Å²) in [6.07, 6.45) is -0.684. The molecule has 1 amide bonds. The van der Waals surface area contributed by atoms with Crippen LogP contribution in [0.4, 0.5) is 24.7 Å². The maximum atomic E-state index is 14.9. The van der Waals surface area contributed by atoms with Crippen LogP contribution < -0.4 is 15.4 Å². The van der Waals surface area contributed by atoms with E-state index in [4.69, 9.17) is 14.2 Å². The van der Waals surface area contributed by atoms with E-state index >= 15 is 0 Å². The molecule has 3 heterocycles. The number of benzene rings is 1. The number of amides is 1. The number of nitrogens with one attached hydrogen (secondary N) is 2. The molecular weight excluding hydrogens is 503 g/mol. The van der Waals surface area contributed by atoms with Crippen LogP contribution in [0.2, 0.25) is 0 Å². The zero-order valence-corrected chi connectivity index (χ0v) is 21.3. The molecule has 2 atom stereocenters. The number of ether oxygens (including phenoxy) is 3. The van der Waals surface area contributed by atoms with E-state index in [1.807, 2.05) is 6.92 Å². The Labute approximate surface area is 217 Å². The van der Waals surface area contributed by atoms with Crippen molar-refractivity contribution in [2.45, 2.75) is 45.4 Å². The second-order valence-corrected chi connectivity index (χ2v) is 8.75. The maximum absolute atomic E-state index is 14.9. The van der Waals surface area contributed by atoms with Gasteiger partial charge >= 0.3 is 6.01 Å². The molecule has 2 N–H and O–H groups in total. The van der Waals surface area contributed by atoms with Crippen molar-refractivity contribution in [3.05, 3.63) is 70.4 Å².